The van der Waals surface area contributed by atoms with Crippen molar-refractivity contribution in [2.75, 3.05) is 46.8 Å². The Balaban J connectivity index is 1.54. The van der Waals surface area contributed by atoms with Crippen LogP contribution in [0, 0.1) is 11.8 Å². The summed E-state index contributed by atoms with van der Waals surface area (Å²) in [5, 5.41) is 3.02. The van der Waals surface area contributed by atoms with E-state index in [9.17, 15) is 4.79 Å². The van der Waals surface area contributed by atoms with Gasteiger partial charge in [-0.3, -0.25) is 4.79 Å². The third-order valence-electron chi connectivity index (χ3n) is 5.26. The Kier molecular flexibility index (Phi) is 8.10. The van der Waals surface area contributed by atoms with Gasteiger partial charge in [-0.2, -0.15) is 0 Å². The van der Waals surface area contributed by atoms with Crippen LogP contribution < -0.4 is 5.32 Å². The molecule has 0 radical (unpaired) electrons. The summed E-state index contributed by atoms with van der Waals surface area (Å²) < 4.78 is 0. The lowest BCUT2D eigenvalue weighted by Crippen LogP contribution is -2.37. The third kappa shape index (κ3) is 7.49. The first-order valence-electron chi connectivity index (χ1n) is 9.42. The average Bonchev–Trinajstić information content (AvgIpc) is 2.55. The van der Waals surface area contributed by atoms with E-state index in [-0.39, 0.29) is 5.91 Å². The van der Waals surface area contributed by atoms with Gasteiger partial charge in [0.2, 0.25) is 5.91 Å². The Bertz CT molecular complexity index is 373. The molecule has 1 amide bonds. The van der Waals surface area contributed by atoms with Gasteiger partial charge in [-0.1, -0.05) is 12.2 Å². The normalized spacial score (nSPS) is 23.3. The van der Waals surface area contributed by atoms with Crippen molar-refractivity contribution in [1.82, 2.24) is 15.1 Å². The highest BCUT2D eigenvalue weighted by molar-refractivity contribution is 5.75. The lowest BCUT2D eigenvalue weighted by Gasteiger charge is -2.34. The summed E-state index contributed by atoms with van der Waals surface area (Å²) in [7, 11) is 4.06. The van der Waals surface area contributed by atoms with Crippen LogP contribution in [0.3, 0.4) is 0 Å². The van der Waals surface area contributed by atoms with Gasteiger partial charge in [0.25, 0.3) is 0 Å². The average molecular weight is 322 g/mol. The van der Waals surface area contributed by atoms with Crippen molar-refractivity contribution in [2.24, 2.45) is 11.8 Å². The molecule has 1 heterocycles. The second kappa shape index (κ2) is 10.1. The van der Waals surface area contributed by atoms with Crippen LogP contribution in [-0.4, -0.2) is 62.5 Å². The first kappa shape index (κ1) is 18.5. The molecule has 0 aromatic carbocycles. The van der Waals surface area contributed by atoms with E-state index in [0.717, 1.165) is 31.3 Å². The Morgan fingerprint density at radius 2 is 1.96 bits per heavy atom. The standard InChI is InChI=1S/C19H35N3O/c1-21(2)15-12-20-19(23)9-8-17-10-13-22(14-11-17)16-18-6-4-3-5-7-18/h3-4,17-18H,5-16H2,1-2H3,(H,20,23). The fourth-order valence-corrected chi connectivity index (χ4v) is 3.69. The van der Waals surface area contributed by atoms with Crippen molar-refractivity contribution in [2.45, 2.75) is 44.9 Å². The highest BCUT2D eigenvalue weighted by atomic mass is 16.1. The van der Waals surface area contributed by atoms with Crippen LogP contribution in [0.1, 0.15) is 44.9 Å². The Labute approximate surface area is 142 Å². The van der Waals surface area contributed by atoms with E-state index in [1.54, 1.807) is 0 Å². The minimum Gasteiger partial charge on any atom is -0.355 e. The maximum absolute atomic E-state index is 11.8. The molecule has 1 atom stereocenters. The topological polar surface area (TPSA) is 35.6 Å². The molecular formula is C19H35N3O. The van der Waals surface area contributed by atoms with Gasteiger partial charge in [0, 0.05) is 26.1 Å². The molecule has 132 valence electrons. The summed E-state index contributed by atoms with van der Waals surface area (Å²) in [6.45, 7) is 5.42. The smallest absolute Gasteiger partial charge is 0.220 e. The number of piperidine rings is 1. The SMILES string of the molecule is CN(C)CCNC(=O)CCC1CCN(CC2CC=CCC2)CC1. The zero-order valence-corrected chi connectivity index (χ0v) is 15.1. The number of hydrogen-bond acceptors (Lipinski definition) is 3. The van der Waals surface area contributed by atoms with Crippen molar-refractivity contribution < 1.29 is 4.79 Å². The van der Waals surface area contributed by atoms with Crippen LogP contribution in [0.5, 0.6) is 0 Å². The molecule has 0 bridgehead atoms. The summed E-state index contributed by atoms with van der Waals surface area (Å²) in [5.41, 5.74) is 0. The van der Waals surface area contributed by atoms with Crippen molar-refractivity contribution >= 4 is 5.91 Å². The Hall–Kier alpha value is -0.870. The van der Waals surface area contributed by atoms with Gasteiger partial charge in [0.1, 0.15) is 0 Å². The molecule has 0 saturated carbocycles. The monoisotopic (exact) mass is 321 g/mol. The summed E-state index contributed by atoms with van der Waals surface area (Å²) >= 11 is 0. The van der Waals surface area contributed by atoms with E-state index in [1.807, 2.05) is 14.1 Å². The molecule has 23 heavy (non-hydrogen) atoms. The number of likely N-dealkylation sites (tertiary alicyclic amines) is 1. The molecular weight excluding hydrogens is 286 g/mol. The molecule has 1 aliphatic carbocycles. The molecule has 1 unspecified atom stereocenters. The molecule has 0 aromatic heterocycles. The number of nitrogens with one attached hydrogen (secondary N) is 1. The second-order valence-corrected chi connectivity index (χ2v) is 7.59. The third-order valence-corrected chi connectivity index (χ3v) is 5.26. The van der Waals surface area contributed by atoms with Crippen molar-refractivity contribution in [3.8, 4) is 0 Å². The van der Waals surface area contributed by atoms with E-state index in [4.69, 9.17) is 0 Å². The Morgan fingerprint density at radius 1 is 1.17 bits per heavy atom. The molecule has 1 aliphatic heterocycles. The minimum atomic E-state index is 0.225. The fraction of sp³-hybridized carbons (Fsp3) is 0.842. The second-order valence-electron chi connectivity index (χ2n) is 7.59. The number of carbonyl (C=O) groups is 1. The molecule has 0 spiro atoms. The highest BCUT2D eigenvalue weighted by Crippen LogP contribution is 2.25. The molecule has 2 rings (SSSR count). The first-order valence-corrected chi connectivity index (χ1v) is 9.42. The predicted molar refractivity (Wildman–Crippen MR) is 96.4 cm³/mol. The molecule has 0 aromatic rings. The first-order chi connectivity index (χ1) is 11.1. The van der Waals surface area contributed by atoms with Crippen LogP contribution in [0.25, 0.3) is 0 Å². The molecule has 1 saturated heterocycles. The van der Waals surface area contributed by atoms with Crippen molar-refractivity contribution in [3.05, 3.63) is 12.2 Å². The van der Waals surface area contributed by atoms with E-state index < -0.39 is 0 Å². The van der Waals surface area contributed by atoms with Gasteiger partial charge in [-0.15, -0.1) is 0 Å². The zero-order valence-electron chi connectivity index (χ0n) is 15.1. The number of hydrogen-bond donors (Lipinski definition) is 1. The number of amides is 1. The molecule has 1 N–H and O–H groups in total. The van der Waals surface area contributed by atoms with Crippen LogP contribution in [0.2, 0.25) is 0 Å². The summed E-state index contributed by atoms with van der Waals surface area (Å²) in [4.78, 5) is 16.6. The van der Waals surface area contributed by atoms with Gasteiger partial charge in [-0.05, 0) is 77.5 Å². The number of carbonyl (C=O) groups excluding carboxylic acids is 1. The van der Waals surface area contributed by atoms with Crippen LogP contribution in [0.15, 0.2) is 12.2 Å². The quantitative estimate of drug-likeness (QED) is 0.698. The van der Waals surface area contributed by atoms with Crippen LogP contribution in [-0.2, 0) is 4.79 Å². The summed E-state index contributed by atoms with van der Waals surface area (Å²) in [6.07, 6.45) is 12.9. The zero-order chi connectivity index (χ0) is 16.5. The largest absolute Gasteiger partial charge is 0.355 e. The highest BCUT2D eigenvalue weighted by Gasteiger charge is 2.22. The maximum Gasteiger partial charge on any atom is 0.220 e. The lowest BCUT2D eigenvalue weighted by molar-refractivity contribution is -0.121. The van der Waals surface area contributed by atoms with Gasteiger partial charge >= 0.3 is 0 Å². The number of allylic oxidation sites excluding steroid dienone is 2. The number of nitrogens with zero attached hydrogens (tertiary/aromatic N) is 2. The van der Waals surface area contributed by atoms with Gasteiger partial charge in [-0.25, -0.2) is 0 Å². The number of rotatable bonds is 8. The summed E-state index contributed by atoms with van der Waals surface area (Å²) in [5.74, 6) is 1.85. The van der Waals surface area contributed by atoms with Gasteiger partial charge < -0.3 is 15.1 Å². The van der Waals surface area contributed by atoms with Gasteiger partial charge in [0.15, 0.2) is 0 Å². The molecule has 1 fully saturated rings. The van der Waals surface area contributed by atoms with E-state index in [0.29, 0.717) is 6.42 Å². The number of likely N-dealkylation sites (N-methyl/N-ethyl adjacent to an activating group) is 1. The van der Waals surface area contributed by atoms with E-state index in [2.05, 4.69) is 27.3 Å². The van der Waals surface area contributed by atoms with Gasteiger partial charge in [0.05, 0.1) is 0 Å². The van der Waals surface area contributed by atoms with Crippen LogP contribution >= 0.6 is 0 Å². The molecule has 2 aliphatic rings. The van der Waals surface area contributed by atoms with Crippen molar-refractivity contribution in [3.63, 3.8) is 0 Å². The minimum absolute atomic E-state index is 0.225. The molecule has 4 nitrogen and oxygen atoms in total. The maximum atomic E-state index is 11.8. The van der Waals surface area contributed by atoms with Crippen LogP contribution in [0.4, 0.5) is 0 Å². The predicted octanol–water partition coefficient (Wildman–Crippen LogP) is 2.51. The summed E-state index contributed by atoms with van der Waals surface area (Å²) in [6, 6.07) is 0. The van der Waals surface area contributed by atoms with E-state index >= 15 is 0 Å². The molecule has 4 heteroatoms. The van der Waals surface area contributed by atoms with Crippen molar-refractivity contribution in [1.29, 1.82) is 0 Å². The lowest BCUT2D eigenvalue weighted by atomic mass is 9.89. The van der Waals surface area contributed by atoms with E-state index in [1.165, 1.54) is 51.7 Å². The Morgan fingerprint density at radius 3 is 2.61 bits per heavy atom. The fourth-order valence-electron chi connectivity index (χ4n) is 3.69.